The van der Waals surface area contributed by atoms with Gasteiger partial charge in [0.25, 0.3) is 0 Å². The van der Waals surface area contributed by atoms with E-state index in [4.69, 9.17) is 4.42 Å². The molecule has 1 amide bonds. The van der Waals surface area contributed by atoms with Gasteiger partial charge in [-0.15, -0.1) is 12.4 Å². The fourth-order valence-electron chi connectivity index (χ4n) is 2.35. The molecule has 1 aliphatic rings. The molecule has 2 N–H and O–H groups in total. The van der Waals surface area contributed by atoms with Crippen LogP contribution in [0.3, 0.4) is 0 Å². The van der Waals surface area contributed by atoms with Gasteiger partial charge >= 0.3 is 0 Å². The van der Waals surface area contributed by atoms with Crippen LogP contribution in [0.25, 0.3) is 11.5 Å². The highest BCUT2D eigenvalue weighted by Crippen LogP contribution is 2.23. The lowest BCUT2D eigenvalue weighted by atomic mass is 9.88. The fraction of sp³-hybridized carbons (Fsp3) is 0.375. The van der Waals surface area contributed by atoms with Crippen molar-refractivity contribution in [1.82, 2.24) is 10.3 Å². The second-order valence-electron chi connectivity index (χ2n) is 5.57. The summed E-state index contributed by atoms with van der Waals surface area (Å²) < 4.78 is 5.39. The van der Waals surface area contributed by atoms with Crippen LogP contribution in [-0.2, 0) is 4.79 Å². The number of aryl methyl sites for hydroxylation is 1. The van der Waals surface area contributed by atoms with Gasteiger partial charge in [0.1, 0.15) is 6.26 Å². The van der Waals surface area contributed by atoms with Gasteiger partial charge in [-0.1, -0.05) is 13.0 Å². The topological polar surface area (TPSA) is 67.2 Å². The Hall–Kier alpha value is -1.85. The molecular weight excluding hydrogens is 302 g/mol. The Balaban J connectivity index is 0.00000176. The summed E-state index contributed by atoms with van der Waals surface area (Å²) in [5.74, 6) is 1.07. The van der Waals surface area contributed by atoms with Crippen molar-refractivity contribution in [3.05, 3.63) is 36.2 Å². The highest BCUT2D eigenvalue weighted by molar-refractivity contribution is 5.93. The Morgan fingerprint density at radius 1 is 1.45 bits per heavy atom. The van der Waals surface area contributed by atoms with Crippen molar-refractivity contribution in [1.29, 1.82) is 0 Å². The lowest BCUT2D eigenvalue weighted by molar-refractivity contribution is -0.121. The molecule has 1 atom stereocenters. The quantitative estimate of drug-likeness (QED) is 0.908. The Morgan fingerprint density at radius 3 is 2.82 bits per heavy atom. The Labute approximate surface area is 135 Å². The monoisotopic (exact) mass is 321 g/mol. The Kier molecular flexibility index (Phi) is 5.21. The highest BCUT2D eigenvalue weighted by Gasteiger charge is 2.28. The van der Waals surface area contributed by atoms with Crippen molar-refractivity contribution >= 4 is 24.0 Å². The summed E-state index contributed by atoms with van der Waals surface area (Å²) in [5, 5.41) is 6.16. The van der Waals surface area contributed by atoms with Crippen LogP contribution in [0.15, 0.2) is 34.9 Å². The van der Waals surface area contributed by atoms with Crippen LogP contribution < -0.4 is 10.6 Å². The van der Waals surface area contributed by atoms with Crippen LogP contribution in [0.5, 0.6) is 0 Å². The molecule has 0 aliphatic carbocycles. The van der Waals surface area contributed by atoms with Crippen molar-refractivity contribution in [2.24, 2.45) is 11.8 Å². The van der Waals surface area contributed by atoms with E-state index in [0.717, 1.165) is 30.0 Å². The normalized spacial score (nSPS) is 15.5. The standard InChI is InChI=1S/C16H19N3O2.ClH/c1-10-9-21-16(18-10)12-4-3-5-14(6-12)19-15(20)11(2)13-7-17-8-13;/h3-6,9,11,13,17H,7-8H2,1-2H3,(H,19,20);1H. The van der Waals surface area contributed by atoms with Gasteiger partial charge < -0.3 is 15.1 Å². The highest BCUT2D eigenvalue weighted by atomic mass is 35.5. The number of oxazole rings is 1. The van der Waals surface area contributed by atoms with Crippen LogP contribution in [0.1, 0.15) is 12.6 Å². The minimum Gasteiger partial charge on any atom is -0.444 e. The minimum atomic E-state index is 0. The van der Waals surface area contributed by atoms with Crippen molar-refractivity contribution in [2.45, 2.75) is 13.8 Å². The van der Waals surface area contributed by atoms with Crippen LogP contribution in [-0.4, -0.2) is 24.0 Å². The fourth-order valence-corrected chi connectivity index (χ4v) is 2.35. The molecule has 118 valence electrons. The summed E-state index contributed by atoms with van der Waals surface area (Å²) in [5.41, 5.74) is 2.47. The van der Waals surface area contributed by atoms with E-state index in [-0.39, 0.29) is 24.2 Å². The van der Waals surface area contributed by atoms with Gasteiger partial charge in [-0.3, -0.25) is 4.79 Å². The maximum atomic E-state index is 12.2. The number of carbonyl (C=O) groups excluding carboxylic acids is 1. The Morgan fingerprint density at radius 2 is 2.23 bits per heavy atom. The molecule has 22 heavy (non-hydrogen) atoms. The number of amides is 1. The molecule has 2 aromatic rings. The maximum absolute atomic E-state index is 12.2. The summed E-state index contributed by atoms with van der Waals surface area (Å²) in [4.78, 5) is 16.5. The molecule has 3 rings (SSSR count). The minimum absolute atomic E-state index is 0. The molecule has 0 bridgehead atoms. The zero-order valence-corrected chi connectivity index (χ0v) is 13.4. The molecule has 1 aromatic heterocycles. The van der Waals surface area contributed by atoms with Gasteiger partial charge in [-0.25, -0.2) is 4.98 Å². The molecule has 1 aliphatic heterocycles. The molecular formula is C16H20ClN3O2. The van der Waals surface area contributed by atoms with Crippen molar-refractivity contribution in [3.63, 3.8) is 0 Å². The first kappa shape index (κ1) is 16.5. The predicted octanol–water partition coefficient (Wildman–Crippen LogP) is 2.87. The first-order valence-electron chi connectivity index (χ1n) is 7.17. The van der Waals surface area contributed by atoms with Crippen molar-refractivity contribution in [3.8, 4) is 11.5 Å². The van der Waals surface area contributed by atoms with E-state index in [1.165, 1.54) is 0 Å². The molecule has 5 nitrogen and oxygen atoms in total. The Bertz CT molecular complexity index is 652. The number of hydrogen-bond donors (Lipinski definition) is 2. The first-order chi connectivity index (χ1) is 10.1. The van der Waals surface area contributed by atoms with Crippen LogP contribution in [0, 0.1) is 18.8 Å². The van der Waals surface area contributed by atoms with E-state index in [2.05, 4.69) is 15.6 Å². The van der Waals surface area contributed by atoms with Crippen molar-refractivity contribution < 1.29 is 9.21 Å². The van der Waals surface area contributed by atoms with E-state index in [0.29, 0.717) is 11.8 Å². The number of rotatable bonds is 4. The number of nitrogens with one attached hydrogen (secondary N) is 2. The number of nitrogens with zero attached hydrogens (tertiary/aromatic N) is 1. The third kappa shape index (κ3) is 3.48. The van der Waals surface area contributed by atoms with Gasteiger partial charge in [-0.05, 0) is 44.1 Å². The zero-order chi connectivity index (χ0) is 14.8. The number of carbonyl (C=O) groups is 1. The summed E-state index contributed by atoms with van der Waals surface area (Å²) >= 11 is 0. The molecule has 0 spiro atoms. The average Bonchev–Trinajstić information content (AvgIpc) is 2.84. The number of anilines is 1. The second kappa shape index (κ2) is 6.94. The summed E-state index contributed by atoms with van der Waals surface area (Å²) in [6, 6.07) is 7.57. The lowest BCUT2D eigenvalue weighted by Crippen LogP contribution is -2.48. The predicted molar refractivity (Wildman–Crippen MR) is 88.1 cm³/mol. The number of halogens is 1. The molecule has 1 aromatic carbocycles. The number of benzene rings is 1. The second-order valence-corrected chi connectivity index (χ2v) is 5.57. The van der Waals surface area contributed by atoms with Crippen LogP contribution in [0.4, 0.5) is 5.69 Å². The van der Waals surface area contributed by atoms with E-state index in [1.54, 1.807) is 6.26 Å². The SMILES string of the molecule is Cc1coc(-c2cccc(NC(=O)C(C)C3CNC3)c2)n1.Cl. The largest absolute Gasteiger partial charge is 0.444 e. The molecule has 1 unspecified atom stereocenters. The maximum Gasteiger partial charge on any atom is 0.227 e. The molecule has 1 fully saturated rings. The molecule has 0 saturated carbocycles. The molecule has 1 saturated heterocycles. The van der Waals surface area contributed by atoms with E-state index in [9.17, 15) is 4.79 Å². The van der Waals surface area contributed by atoms with Crippen LogP contribution in [0.2, 0.25) is 0 Å². The van der Waals surface area contributed by atoms with Gasteiger partial charge in [0.2, 0.25) is 11.8 Å². The van der Waals surface area contributed by atoms with Gasteiger partial charge in [-0.2, -0.15) is 0 Å². The van der Waals surface area contributed by atoms with Gasteiger partial charge in [0, 0.05) is 17.2 Å². The lowest BCUT2D eigenvalue weighted by Gasteiger charge is -2.31. The van der Waals surface area contributed by atoms with Gasteiger partial charge in [0.05, 0.1) is 5.69 Å². The zero-order valence-electron chi connectivity index (χ0n) is 12.6. The first-order valence-corrected chi connectivity index (χ1v) is 7.17. The molecule has 6 heteroatoms. The number of aromatic nitrogens is 1. The molecule has 0 radical (unpaired) electrons. The number of hydrogen-bond acceptors (Lipinski definition) is 4. The summed E-state index contributed by atoms with van der Waals surface area (Å²) in [6.45, 7) is 5.70. The van der Waals surface area contributed by atoms with Gasteiger partial charge in [0.15, 0.2) is 0 Å². The smallest absolute Gasteiger partial charge is 0.227 e. The van der Waals surface area contributed by atoms with Crippen molar-refractivity contribution in [2.75, 3.05) is 18.4 Å². The van der Waals surface area contributed by atoms with E-state index >= 15 is 0 Å². The van der Waals surface area contributed by atoms with Crippen LogP contribution >= 0.6 is 12.4 Å². The van der Waals surface area contributed by atoms with E-state index < -0.39 is 0 Å². The van der Waals surface area contributed by atoms with E-state index in [1.807, 2.05) is 38.1 Å². The third-order valence-corrected chi connectivity index (χ3v) is 3.93. The third-order valence-electron chi connectivity index (χ3n) is 3.93. The summed E-state index contributed by atoms with van der Waals surface area (Å²) in [6.07, 6.45) is 1.62. The average molecular weight is 322 g/mol. The molecule has 2 heterocycles. The summed E-state index contributed by atoms with van der Waals surface area (Å²) in [7, 11) is 0.